The quantitative estimate of drug-likeness (QED) is 0.0160. The van der Waals surface area contributed by atoms with Gasteiger partial charge in [-0.3, -0.25) is 0 Å². The Labute approximate surface area is 909 Å². The van der Waals surface area contributed by atoms with Crippen LogP contribution in [0.5, 0.6) is 0 Å². The molecule has 0 radical (unpaired) electrons. The molecule has 11 aliphatic carbocycles. The fraction of sp³-hybridized carbons (Fsp3) is 1.00. The Hall–Kier alpha value is 7.48. The standard InChI is InChI=1S/C91H172O15S20Si5/c1-21-70-49-43-64(54-70)59-76(70,127(92-26-6,93-27-7)94-28-8)85(113,114)82(107,108)69-42-41-48-75(83(109,110)86(115,116)77(60-65-44-50-71(77,22-2)55-65)128(95-29-9,96-30-10)97-31-11,84(111,112)87(117,118)78(61-66-45-51-72(78,23-3)56-66)129(98-32-12,99-33-13)100-34-14)81(69,90(123,124)88(119,120)79(62-67-46-52-73(79,24-4)57-67)130(101-35-15,102-36-16)103-37-17)91(125,126)89(121,122)80(63-68-47-53-74(80,25-5)58-68)131(104-38-18,105-39-19)106-40-20/h64-69,107-126H,21-63H2,1-20H3. The maximum atomic E-state index is 7.92. The van der Waals surface area contributed by atoms with E-state index >= 15 is 0 Å². The molecule has 11 aliphatic rings. The Morgan fingerprint density at radius 3 is 0.534 bits per heavy atom. The second kappa shape index (κ2) is 42.5. The molecule has 16 atom stereocenters. The van der Waals surface area contributed by atoms with Crippen LogP contribution in [0.2, 0.25) is 25.2 Å². The Kier molecular flexibility index (Phi) is 38.5. The summed E-state index contributed by atoms with van der Waals surface area (Å²) in [6.45, 7) is 44.9. The monoisotopic (exact) mass is 2280 g/mol. The lowest BCUT2D eigenvalue weighted by Gasteiger charge is -2.84. The third-order valence-corrected chi connectivity index (χ3v) is 78.1. The average Bonchev–Trinajstić information content (AvgIpc) is 1.54. The number of hydrogen-bond acceptors (Lipinski definition) is 35. The van der Waals surface area contributed by atoms with Gasteiger partial charge in [0.15, 0.2) is 0 Å². The second-order valence-electron chi connectivity index (χ2n) is 41.0. The van der Waals surface area contributed by atoms with Crippen molar-refractivity contribution in [3.05, 3.63) is 0 Å². The summed E-state index contributed by atoms with van der Waals surface area (Å²) in [5.41, 5.74) is -8.74. The molecule has 766 valence electrons. The average molecular weight is 2290 g/mol. The number of thiol groups is 20. The zero-order valence-corrected chi connectivity index (χ0v) is 105. The first-order chi connectivity index (χ1) is 61.2. The molecule has 131 heavy (non-hydrogen) atoms. The molecule has 0 spiro atoms. The summed E-state index contributed by atoms with van der Waals surface area (Å²) >= 11 is 142. The predicted molar refractivity (Wildman–Crippen MR) is 619 cm³/mol. The molecule has 0 aromatic carbocycles. The Bertz CT molecular complexity index is 3610. The van der Waals surface area contributed by atoms with Gasteiger partial charge in [0.05, 0.1) is 66.0 Å². The van der Waals surface area contributed by atoms with Gasteiger partial charge in [0.1, 0.15) is 0 Å². The lowest BCUT2D eigenvalue weighted by Crippen LogP contribution is -2.89. The van der Waals surface area contributed by atoms with Gasteiger partial charge in [-0.15, -0.1) is 0 Å². The minimum atomic E-state index is -4.61. The summed E-state index contributed by atoms with van der Waals surface area (Å²) in [5.74, 6) is -1.08. The zero-order valence-electron chi connectivity index (χ0n) is 82.4. The van der Waals surface area contributed by atoms with Gasteiger partial charge in [0.2, 0.25) is 0 Å². The zero-order chi connectivity index (χ0) is 98.0. The van der Waals surface area contributed by atoms with Crippen LogP contribution in [-0.4, -0.2) is 184 Å². The van der Waals surface area contributed by atoms with Gasteiger partial charge < -0.3 is 66.4 Å². The smallest absolute Gasteiger partial charge is 0.373 e. The maximum Gasteiger partial charge on any atom is 0.510 e. The normalized spacial score (nSPS) is 36.4. The lowest BCUT2D eigenvalue weighted by atomic mass is 9.40. The highest BCUT2D eigenvalue weighted by molar-refractivity contribution is 8.12. The topological polar surface area (TPSA) is 138 Å². The van der Waals surface area contributed by atoms with Gasteiger partial charge in [-0.05, 0) is 340 Å². The summed E-state index contributed by atoms with van der Waals surface area (Å²) in [7, 11) is -22.7. The molecule has 40 heteroatoms. The molecule has 11 fully saturated rings. The van der Waals surface area contributed by atoms with E-state index in [4.69, 9.17) is 319 Å². The molecule has 0 aliphatic heterocycles. The molecule has 0 heterocycles. The van der Waals surface area contributed by atoms with Crippen LogP contribution in [-0.2, 0) is 66.4 Å². The van der Waals surface area contributed by atoms with E-state index in [1.54, 1.807) is 0 Å². The Balaban J connectivity index is 1.59. The third-order valence-electron chi connectivity index (χ3n) is 37.5. The highest BCUT2D eigenvalue weighted by Crippen LogP contribution is 2.99. The van der Waals surface area contributed by atoms with Crippen molar-refractivity contribution in [2.75, 3.05) is 99.1 Å². The maximum absolute atomic E-state index is 7.92. The molecule has 16 unspecified atom stereocenters. The molecule has 15 nitrogen and oxygen atoms in total. The van der Waals surface area contributed by atoms with Crippen LogP contribution in [0.25, 0.3) is 0 Å². The van der Waals surface area contributed by atoms with Crippen LogP contribution in [0.1, 0.15) is 318 Å². The SMILES string of the molecule is CCO[Si](OCC)(OCC)C1(C(S)(S)C(S)(S)C2CCCC(C(S)(S)C(S)(S)C3([Si](OCC)(OCC)OCC)CC4CCC3(CC)C4)(C(S)(S)C(S)(S)C3([Si](OCC)(OCC)OCC)CC4CCC3(CC)C4)C2(C(S)(S)C(S)(S)C2([Si](OCC)(OCC)OCC)CC3CCC2(CC)C3)C(S)(S)C(S)(S)C2([Si](OCC)(OCC)OCC)CC3CCC2(CC)C3)CC2CCC1(CC)C2. The van der Waals surface area contributed by atoms with E-state index in [1.807, 2.05) is 104 Å². The van der Waals surface area contributed by atoms with E-state index in [2.05, 4.69) is 34.6 Å². The fourth-order valence-corrected chi connectivity index (χ4v) is 72.8. The van der Waals surface area contributed by atoms with Crippen LogP contribution in [0.3, 0.4) is 0 Å². The first-order valence-corrected chi connectivity index (χ1v) is 67.9. The Morgan fingerprint density at radius 1 is 0.206 bits per heavy atom. The molecular weight excluding hydrogens is 2110 g/mol. The highest BCUT2D eigenvalue weighted by Gasteiger charge is 3.00. The van der Waals surface area contributed by atoms with E-state index in [-0.39, 0.29) is 148 Å². The van der Waals surface area contributed by atoms with Gasteiger partial charge in [-0.25, -0.2) is 0 Å². The molecule has 10 bridgehead atoms. The summed E-state index contributed by atoms with van der Waals surface area (Å²) < 4.78 is 95.8. The van der Waals surface area contributed by atoms with Gasteiger partial charge in [-0.1, -0.05) is 41.0 Å². The van der Waals surface area contributed by atoms with Crippen molar-refractivity contribution in [2.45, 2.75) is 384 Å². The van der Waals surface area contributed by atoms with E-state index in [1.165, 1.54) is 0 Å². The number of fused-ring (bicyclic) bond motifs is 10. The third kappa shape index (κ3) is 15.3. The molecule has 11 saturated carbocycles. The van der Waals surface area contributed by atoms with Crippen LogP contribution < -0.4 is 0 Å². The van der Waals surface area contributed by atoms with Gasteiger partial charge in [-0.2, -0.15) is 253 Å². The molecule has 0 N–H and O–H groups in total. The van der Waals surface area contributed by atoms with Crippen LogP contribution >= 0.6 is 253 Å². The van der Waals surface area contributed by atoms with Crippen molar-refractivity contribution >= 4 is 297 Å². The molecule has 0 amide bonds. The lowest BCUT2D eigenvalue weighted by molar-refractivity contribution is -0.133. The minimum Gasteiger partial charge on any atom is -0.373 e. The Morgan fingerprint density at radius 2 is 0.374 bits per heavy atom. The van der Waals surface area contributed by atoms with Crippen molar-refractivity contribution in [3.8, 4) is 0 Å². The first kappa shape index (κ1) is 119. The van der Waals surface area contributed by atoms with Crippen molar-refractivity contribution in [1.29, 1.82) is 0 Å². The van der Waals surface area contributed by atoms with Crippen molar-refractivity contribution in [1.82, 2.24) is 0 Å². The first-order valence-electron chi connectivity index (χ1n) is 50.3. The highest BCUT2D eigenvalue weighted by atomic mass is 32.2. The van der Waals surface area contributed by atoms with Crippen molar-refractivity contribution < 1.29 is 66.4 Å². The molecular formula is C91H172O15S20Si5. The van der Waals surface area contributed by atoms with Gasteiger partial charge in [0, 0.05) is 110 Å². The summed E-state index contributed by atoms with van der Waals surface area (Å²) in [6, 6.07) is 0. The molecule has 0 saturated heterocycles. The summed E-state index contributed by atoms with van der Waals surface area (Å²) in [6.07, 6.45) is 17.5. The van der Waals surface area contributed by atoms with Crippen LogP contribution in [0.4, 0.5) is 0 Å². The summed E-state index contributed by atoms with van der Waals surface area (Å²) in [4.78, 5) is 0. The van der Waals surface area contributed by atoms with E-state index in [0.717, 1.165) is 83.5 Å². The van der Waals surface area contributed by atoms with E-state index in [9.17, 15) is 0 Å². The van der Waals surface area contributed by atoms with Gasteiger partial charge in [0.25, 0.3) is 0 Å². The predicted octanol–water partition coefficient (Wildman–Crippen LogP) is 26.3. The fourth-order valence-electron chi connectivity index (χ4n) is 33.7. The largest absolute Gasteiger partial charge is 0.510 e. The van der Waals surface area contributed by atoms with Crippen molar-refractivity contribution in [3.63, 3.8) is 0 Å². The van der Waals surface area contributed by atoms with Gasteiger partial charge >= 0.3 is 44.0 Å². The van der Waals surface area contributed by atoms with Crippen LogP contribution in [0, 0.1) is 73.4 Å². The molecule has 11 rings (SSSR count). The molecule has 0 aromatic rings. The number of rotatable bonds is 55. The number of hydrogen-bond donors (Lipinski definition) is 20. The second-order valence-corrected chi connectivity index (χ2v) is 72.1. The minimum absolute atomic E-state index is 0.0309. The van der Waals surface area contributed by atoms with Crippen LogP contribution in [0.15, 0.2) is 0 Å². The van der Waals surface area contributed by atoms with E-state index in [0.29, 0.717) is 77.0 Å². The van der Waals surface area contributed by atoms with E-state index < -0.39 is 154 Å². The molecule has 0 aromatic heterocycles. The summed E-state index contributed by atoms with van der Waals surface area (Å²) in [5, 5.41) is -7.10. The van der Waals surface area contributed by atoms with Crippen molar-refractivity contribution in [2.24, 2.45) is 73.4 Å².